The molecule has 0 bridgehead atoms. The van der Waals surface area contributed by atoms with Crippen LogP contribution < -0.4 is 9.64 Å². The monoisotopic (exact) mass is 552 g/mol. The van der Waals surface area contributed by atoms with Crippen molar-refractivity contribution in [2.24, 2.45) is 0 Å². The molecule has 0 saturated heterocycles. The SMILES string of the molecule is CCCCN1C(=O)C2(C(C(=O)OC)=CC3([N+](=O)[O-])C(c4ccc(C)cc4)Oc4ccccc4C23)c2cc(C)ccc21. The van der Waals surface area contributed by atoms with Crippen LogP contribution in [0.25, 0.3) is 0 Å². The molecule has 4 atom stereocenters. The van der Waals surface area contributed by atoms with Gasteiger partial charge < -0.3 is 14.4 Å². The molecule has 4 unspecified atom stereocenters. The molecule has 210 valence electrons. The van der Waals surface area contributed by atoms with E-state index in [1.54, 1.807) is 23.1 Å². The van der Waals surface area contributed by atoms with Gasteiger partial charge in [0.1, 0.15) is 11.2 Å². The quantitative estimate of drug-likeness (QED) is 0.220. The summed E-state index contributed by atoms with van der Waals surface area (Å²) in [7, 11) is 1.24. The number of amides is 1. The molecule has 6 rings (SSSR count). The highest BCUT2D eigenvalue weighted by atomic mass is 16.6. The number of anilines is 1. The third kappa shape index (κ3) is 3.52. The van der Waals surface area contributed by atoms with Crippen molar-refractivity contribution in [3.8, 4) is 5.75 Å². The van der Waals surface area contributed by atoms with Gasteiger partial charge in [-0.3, -0.25) is 14.9 Å². The van der Waals surface area contributed by atoms with E-state index in [0.29, 0.717) is 34.7 Å². The standard InChI is InChI=1S/C33H32N2O6/c1-5-6-17-34-26-16-13-21(3)18-24(26)33(31(34)37)25(30(36)40-4)19-32(35(38)39)28(33)23-9-7-8-10-27(23)41-29(32)22-14-11-20(2)12-15-22/h7-16,18-19,28-29H,5-6,17H2,1-4H3. The number of nitro groups is 1. The minimum atomic E-state index is -1.98. The molecule has 0 radical (unpaired) electrons. The molecule has 0 aromatic heterocycles. The number of para-hydroxylation sites is 1. The largest absolute Gasteiger partial charge is 0.477 e. The summed E-state index contributed by atoms with van der Waals surface area (Å²) < 4.78 is 11.7. The number of rotatable bonds is 6. The van der Waals surface area contributed by atoms with Crippen LogP contribution in [0.2, 0.25) is 0 Å². The predicted octanol–water partition coefficient (Wildman–Crippen LogP) is 5.73. The van der Waals surface area contributed by atoms with Crippen LogP contribution in [0.15, 0.2) is 78.4 Å². The number of ether oxygens (including phenoxy) is 2. The lowest BCUT2D eigenvalue weighted by atomic mass is 9.60. The van der Waals surface area contributed by atoms with Gasteiger partial charge in [-0.25, -0.2) is 4.79 Å². The minimum absolute atomic E-state index is 0.0186. The first-order valence-corrected chi connectivity index (χ1v) is 13.9. The van der Waals surface area contributed by atoms with Crippen molar-refractivity contribution in [3.63, 3.8) is 0 Å². The normalized spacial score (nSPS) is 25.7. The highest BCUT2D eigenvalue weighted by Gasteiger charge is 2.78. The minimum Gasteiger partial charge on any atom is -0.477 e. The lowest BCUT2D eigenvalue weighted by Gasteiger charge is -2.44. The van der Waals surface area contributed by atoms with Crippen molar-refractivity contribution in [2.45, 2.75) is 56.6 Å². The molecular formula is C33H32N2O6. The van der Waals surface area contributed by atoms with Crippen molar-refractivity contribution < 1.29 is 24.0 Å². The summed E-state index contributed by atoms with van der Waals surface area (Å²) in [5.41, 5.74) is 0.543. The fourth-order valence-corrected chi connectivity index (χ4v) is 7.06. The summed E-state index contributed by atoms with van der Waals surface area (Å²) in [6.07, 6.45) is 1.86. The fraction of sp³-hybridized carbons (Fsp3) is 0.333. The third-order valence-corrected chi connectivity index (χ3v) is 8.88. The summed E-state index contributed by atoms with van der Waals surface area (Å²) >= 11 is 0. The summed E-state index contributed by atoms with van der Waals surface area (Å²) in [5, 5.41) is 13.6. The molecule has 0 N–H and O–H groups in total. The molecule has 2 aliphatic heterocycles. The number of methoxy groups -OCH3 is 1. The van der Waals surface area contributed by atoms with Gasteiger partial charge >= 0.3 is 5.97 Å². The van der Waals surface area contributed by atoms with E-state index in [1.165, 1.54) is 13.2 Å². The predicted molar refractivity (Wildman–Crippen MR) is 154 cm³/mol. The number of unbranched alkanes of at least 4 members (excludes halogenated alkanes) is 1. The second-order valence-electron chi connectivity index (χ2n) is 11.2. The van der Waals surface area contributed by atoms with Gasteiger partial charge in [0.15, 0.2) is 6.10 Å². The molecule has 41 heavy (non-hydrogen) atoms. The molecule has 3 aliphatic rings. The summed E-state index contributed by atoms with van der Waals surface area (Å²) in [5.74, 6) is -1.74. The van der Waals surface area contributed by atoms with Crippen LogP contribution in [0.1, 0.15) is 59.6 Å². The van der Waals surface area contributed by atoms with Crippen LogP contribution >= 0.6 is 0 Å². The molecule has 8 heteroatoms. The Bertz CT molecular complexity index is 1610. The average molecular weight is 553 g/mol. The van der Waals surface area contributed by atoms with Gasteiger partial charge in [0.25, 0.3) is 5.54 Å². The van der Waals surface area contributed by atoms with Crippen LogP contribution in [0.3, 0.4) is 0 Å². The Hall–Kier alpha value is -4.46. The third-order valence-electron chi connectivity index (χ3n) is 8.88. The zero-order valence-corrected chi connectivity index (χ0v) is 23.5. The Balaban J connectivity index is 1.74. The average Bonchev–Trinajstić information content (AvgIpc) is 3.43. The molecule has 3 aromatic carbocycles. The molecular weight excluding hydrogens is 520 g/mol. The van der Waals surface area contributed by atoms with Crippen LogP contribution in [0.5, 0.6) is 5.75 Å². The molecule has 0 fully saturated rings. The Morgan fingerprint density at radius 2 is 1.78 bits per heavy atom. The second kappa shape index (κ2) is 9.58. The number of benzene rings is 3. The Morgan fingerprint density at radius 1 is 1.07 bits per heavy atom. The van der Waals surface area contributed by atoms with Crippen LogP contribution in [-0.2, 0) is 19.7 Å². The highest BCUT2D eigenvalue weighted by Crippen LogP contribution is 2.68. The first kappa shape index (κ1) is 26.7. The van der Waals surface area contributed by atoms with Crippen LogP contribution in [-0.4, -0.2) is 36.0 Å². The fourth-order valence-electron chi connectivity index (χ4n) is 7.06. The van der Waals surface area contributed by atoms with E-state index < -0.39 is 28.9 Å². The molecule has 1 amide bonds. The second-order valence-corrected chi connectivity index (χ2v) is 11.2. The van der Waals surface area contributed by atoms with E-state index in [2.05, 4.69) is 0 Å². The number of carbonyl (C=O) groups is 2. The Kier molecular flexibility index (Phi) is 6.25. The van der Waals surface area contributed by atoms with Gasteiger partial charge in [0.2, 0.25) is 5.91 Å². The van der Waals surface area contributed by atoms with E-state index >= 15 is 0 Å². The number of aryl methyl sites for hydroxylation is 2. The summed E-state index contributed by atoms with van der Waals surface area (Å²) in [6, 6.07) is 20.2. The smallest absolute Gasteiger partial charge is 0.335 e. The van der Waals surface area contributed by atoms with E-state index in [0.717, 1.165) is 24.0 Å². The van der Waals surface area contributed by atoms with Gasteiger partial charge in [-0.05, 0) is 38.0 Å². The Morgan fingerprint density at radius 3 is 2.46 bits per heavy atom. The lowest BCUT2D eigenvalue weighted by Crippen LogP contribution is -2.57. The molecule has 1 spiro atoms. The molecule has 3 aromatic rings. The zero-order chi connectivity index (χ0) is 29.1. The van der Waals surface area contributed by atoms with E-state index in [4.69, 9.17) is 9.47 Å². The zero-order valence-electron chi connectivity index (χ0n) is 23.5. The number of carbonyl (C=O) groups excluding carboxylic acids is 2. The lowest BCUT2D eigenvalue weighted by molar-refractivity contribution is -0.574. The number of hydrogen-bond acceptors (Lipinski definition) is 6. The summed E-state index contributed by atoms with van der Waals surface area (Å²) in [4.78, 5) is 43.6. The molecule has 2 heterocycles. The molecule has 0 saturated carbocycles. The van der Waals surface area contributed by atoms with Gasteiger partial charge in [0, 0.05) is 34.4 Å². The van der Waals surface area contributed by atoms with Gasteiger partial charge in [-0.1, -0.05) is 79.1 Å². The molecule has 1 aliphatic carbocycles. The number of esters is 1. The van der Waals surface area contributed by atoms with E-state index in [-0.39, 0.29) is 16.4 Å². The topological polar surface area (TPSA) is 99.0 Å². The van der Waals surface area contributed by atoms with Crippen molar-refractivity contribution in [1.82, 2.24) is 0 Å². The number of fused-ring (bicyclic) bond motifs is 6. The first-order valence-electron chi connectivity index (χ1n) is 13.9. The number of nitrogens with zero attached hydrogens (tertiary/aromatic N) is 2. The van der Waals surface area contributed by atoms with Crippen LogP contribution in [0.4, 0.5) is 5.69 Å². The van der Waals surface area contributed by atoms with Gasteiger partial charge in [-0.2, -0.15) is 0 Å². The maximum Gasteiger partial charge on any atom is 0.335 e. The molecule has 8 nitrogen and oxygen atoms in total. The summed E-state index contributed by atoms with van der Waals surface area (Å²) in [6.45, 7) is 6.32. The van der Waals surface area contributed by atoms with Crippen LogP contribution in [0, 0.1) is 24.0 Å². The van der Waals surface area contributed by atoms with Crippen molar-refractivity contribution in [1.29, 1.82) is 0 Å². The van der Waals surface area contributed by atoms with Gasteiger partial charge in [-0.15, -0.1) is 0 Å². The van der Waals surface area contributed by atoms with E-state index in [9.17, 15) is 19.7 Å². The van der Waals surface area contributed by atoms with Crippen molar-refractivity contribution in [2.75, 3.05) is 18.6 Å². The highest BCUT2D eigenvalue weighted by molar-refractivity contribution is 6.17. The first-order chi connectivity index (χ1) is 19.7. The Labute approximate surface area is 238 Å². The van der Waals surface area contributed by atoms with Crippen molar-refractivity contribution >= 4 is 17.6 Å². The maximum atomic E-state index is 15.0. The van der Waals surface area contributed by atoms with E-state index in [1.807, 2.05) is 69.3 Å². The maximum absolute atomic E-state index is 15.0. The number of hydrogen-bond donors (Lipinski definition) is 0. The van der Waals surface area contributed by atoms with Gasteiger partial charge in [0.05, 0.1) is 18.6 Å². The van der Waals surface area contributed by atoms with Crippen molar-refractivity contribution in [3.05, 3.63) is 116 Å².